The van der Waals surface area contributed by atoms with Crippen molar-refractivity contribution in [3.8, 4) is 0 Å². The Balaban J connectivity index is 1.74. The summed E-state index contributed by atoms with van der Waals surface area (Å²) in [7, 11) is 0. The second-order valence-electron chi connectivity index (χ2n) is 6.38. The lowest BCUT2D eigenvalue weighted by Gasteiger charge is -2.23. The van der Waals surface area contributed by atoms with Gasteiger partial charge in [0.1, 0.15) is 0 Å². The van der Waals surface area contributed by atoms with Gasteiger partial charge in [-0.3, -0.25) is 14.5 Å². The average Bonchev–Trinajstić information content (AvgIpc) is 3.14. The lowest BCUT2D eigenvalue weighted by molar-refractivity contribution is 0.0931. The van der Waals surface area contributed by atoms with Gasteiger partial charge in [-0.15, -0.1) is 0 Å². The molecule has 1 saturated heterocycles. The number of nitrogens with zero attached hydrogens (tertiary/aromatic N) is 1. The van der Waals surface area contributed by atoms with E-state index in [9.17, 15) is 9.59 Å². The highest BCUT2D eigenvalue weighted by molar-refractivity contribution is 6.15. The van der Waals surface area contributed by atoms with E-state index >= 15 is 0 Å². The molecule has 0 saturated carbocycles. The molecule has 0 aliphatic carbocycles. The highest BCUT2D eigenvalue weighted by Crippen LogP contribution is 2.17. The summed E-state index contributed by atoms with van der Waals surface area (Å²) in [5.74, 6) is -0.301. The molecule has 0 radical (unpaired) electrons. The summed E-state index contributed by atoms with van der Waals surface area (Å²) in [5, 5.41) is 3.02. The van der Waals surface area contributed by atoms with Gasteiger partial charge in [0.15, 0.2) is 5.78 Å². The molecule has 0 spiro atoms. The summed E-state index contributed by atoms with van der Waals surface area (Å²) in [5.41, 5.74) is 1.48. The van der Waals surface area contributed by atoms with Crippen molar-refractivity contribution in [2.75, 3.05) is 19.6 Å². The summed E-state index contributed by atoms with van der Waals surface area (Å²) in [6.07, 6.45) is 2.29. The van der Waals surface area contributed by atoms with Crippen LogP contribution in [0, 0.1) is 0 Å². The molecule has 2 aromatic rings. The lowest BCUT2D eigenvalue weighted by atomic mass is 9.98. The van der Waals surface area contributed by atoms with Gasteiger partial charge in [0.2, 0.25) is 0 Å². The number of ketones is 1. The van der Waals surface area contributed by atoms with Crippen LogP contribution in [0.5, 0.6) is 0 Å². The third kappa shape index (κ3) is 3.97. The van der Waals surface area contributed by atoms with Gasteiger partial charge in [0.25, 0.3) is 5.91 Å². The molecule has 3 rings (SSSR count). The summed E-state index contributed by atoms with van der Waals surface area (Å²) < 4.78 is 0. The summed E-state index contributed by atoms with van der Waals surface area (Å²) >= 11 is 0. The molecule has 1 atom stereocenters. The molecule has 2 aromatic carbocycles. The molecule has 1 amide bonds. The van der Waals surface area contributed by atoms with Gasteiger partial charge in [0, 0.05) is 23.7 Å². The number of nitrogens with one attached hydrogen (secondary N) is 1. The molecular formula is C21H24N2O2. The molecule has 1 N–H and O–H groups in total. The first-order valence-electron chi connectivity index (χ1n) is 8.91. The molecule has 1 fully saturated rings. The lowest BCUT2D eigenvalue weighted by Crippen LogP contribution is -2.40. The van der Waals surface area contributed by atoms with Crippen LogP contribution in [0.2, 0.25) is 0 Å². The van der Waals surface area contributed by atoms with E-state index in [1.54, 1.807) is 36.4 Å². The number of hydrogen-bond acceptors (Lipinski definition) is 3. The van der Waals surface area contributed by atoms with Crippen LogP contribution < -0.4 is 5.32 Å². The zero-order valence-electron chi connectivity index (χ0n) is 14.6. The summed E-state index contributed by atoms with van der Waals surface area (Å²) in [6.45, 7) is 4.87. The van der Waals surface area contributed by atoms with E-state index in [1.807, 2.05) is 18.2 Å². The maximum Gasteiger partial charge on any atom is 0.252 e. The number of carbonyl (C=O) groups excluding carboxylic acids is 2. The molecular weight excluding hydrogens is 312 g/mol. The number of rotatable bonds is 6. The fourth-order valence-corrected chi connectivity index (χ4v) is 3.47. The largest absolute Gasteiger partial charge is 0.350 e. The average molecular weight is 336 g/mol. The van der Waals surface area contributed by atoms with Crippen molar-refractivity contribution < 1.29 is 9.59 Å². The third-order valence-corrected chi connectivity index (χ3v) is 4.86. The van der Waals surface area contributed by atoms with E-state index in [-0.39, 0.29) is 11.7 Å². The number of likely N-dealkylation sites (N-methyl/N-ethyl adjacent to an activating group) is 1. The van der Waals surface area contributed by atoms with E-state index in [0.717, 1.165) is 19.5 Å². The molecule has 130 valence electrons. The molecule has 1 aliphatic rings. The zero-order valence-corrected chi connectivity index (χ0v) is 14.6. The Labute approximate surface area is 148 Å². The van der Waals surface area contributed by atoms with Crippen molar-refractivity contribution in [1.82, 2.24) is 10.2 Å². The van der Waals surface area contributed by atoms with Gasteiger partial charge in [-0.25, -0.2) is 0 Å². The van der Waals surface area contributed by atoms with Crippen molar-refractivity contribution in [2.24, 2.45) is 0 Å². The predicted octanol–water partition coefficient (Wildman–Crippen LogP) is 3.13. The Morgan fingerprint density at radius 2 is 1.72 bits per heavy atom. The molecule has 25 heavy (non-hydrogen) atoms. The molecule has 1 aliphatic heterocycles. The first kappa shape index (κ1) is 17.4. The number of amides is 1. The highest BCUT2D eigenvalue weighted by Gasteiger charge is 2.24. The van der Waals surface area contributed by atoms with Crippen LogP contribution in [0.1, 0.15) is 46.0 Å². The van der Waals surface area contributed by atoms with Gasteiger partial charge >= 0.3 is 0 Å². The van der Waals surface area contributed by atoms with E-state index in [0.29, 0.717) is 29.3 Å². The van der Waals surface area contributed by atoms with Crippen molar-refractivity contribution in [2.45, 2.75) is 25.8 Å². The monoisotopic (exact) mass is 336 g/mol. The zero-order chi connectivity index (χ0) is 17.6. The smallest absolute Gasteiger partial charge is 0.252 e. The minimum atomic E-state index is -0.178. The first-order valence-corrected chi connectivity index (χ1v) is 8.91. The van der Waals surface area contributed by atoms with Crippen LogP contribution in [0.15, 0.2) is 54.6 Å². The number of carbonyl (C=O) groups is 2. The fraction of sp³-hybridized carbons (Fsp3) is 0.333. The van der Waals surface area contributed by atoms with E-state index in [2.05, 4.69) is 17.1 Å². The van der Waals surface area contributed by atoms with Gasteiger partial charge in [-0.1, -0.05) is 55.5 Å². The molecule has 4 heteroatoms. The first-order chi connectivity index (χ1) is 12.2. The second kappa shape index (κ2) is 8.08. The second-order valence-corrected chi connectivity index (χ2v) is 6.38. The number of benzene rings is 2. The SMILES string of the molecule is CCN1CCC[C@H]1CNC(=O)c1ccccc1C(=O)c1ccccc1. The Bertz CT molecular complexity index is 743. The van der Waals surface area contributed by atoms with Crippen molar-refractivity contribution in [3.05, 3.63) is 71.3 Å². The molecule has 4 nitrogen and oxygen atoms in total. The molecule has 0 unspecified atom stereocenters. The quantitative estimate of drug-likeness (QED) is 0.825. The highest BCUT2D eigenvalue weighted by atomic mass is 16.2. The van der Waals surface area contributed by atoms with Crippen molar-refractivity contribution in [3.63, 3.8) is 0 Å². The van der Waals surface area contributed by atoms with E-state index in [4.69, 9.17) is 0 Å². The van der Waals surface area contributed by atoms with E-state index in [1.165, 1.54) is 6.42 Å². The predicted molar refractivity (Wildman–Crippen MR) is 98.9 cm³/mol. The Hall–Kier alpha value is -2.46. The van der Waals surface area contributed by atoms with Crippen LogP contribution in [-0.2, 0) is 0 Å². The summed E-state index contributed by atoms with van der Waals surface area (Å²) in [6, 6.07) is 16.5. The van der Waals surface area contributed by atoms with Gasteiger partial charge in [-0.05, 0) is 32.0 Å². The van der Waals surface area contributed by atoms with Crippen molar-refractivity contribution in [1.29, 1.82) is 0 Å². The Morgan fingerprint density at radius 3 is 2.44 bits per heavy atom. The van der Waals surface area contributed by atoms with Gasteiger partial charge in [0.05, 0.1) is 5.56 Å². The molecule has 0 bridgehead atoms. The van der Waals surface area contributed by atoms with Crippen LogP contribution >= 0.6 is 0 Å². The summed E-state index contributed by atoms with van der Waals surface area (Å²) in [4.78, 5) is 27.8. The maximum absolute atomic E-state index is 12.7. The van der Waals surface area contributed by atoms with Crippen LogP contribution in [0.4, 0.5) is 0 Å². The maximum atomic E-state index is 12.7. The third-order valence-electron chi connectivity index (χ3n) is 4.86. The minimum absolute atomic E-state index is 0.123. The fourth-order valence-electron chi connectivity index (χ4n) is 3.47. The standard InChI is InChI=1S/C21H24N2O2/c1-2-23-14-8-11-17(23)15-22-21(25)19-13-7-6-12-18(19)20(24)16-9-4-3-5-10-16/h3-7,9-10,12-13,17H,2,8,11,14-15H2,1H3,(H,22,25)/t17-/m0/s1. The van der Waals surface area contributed by atoms with Crippen LogP contribution in [0.25, 0.3) is 0 Å². The normalized spacial score (nSPS) is 17.4. The van der Waals surface area contributed by atoms with Crippen molar-refractivity contribution >= 4 is 11.7 Å². The van der Waals surface area contributed by atoms with E-state index < -0.39 is 0 Å². The van der Waals surface area contributed by atoms with Gasteiger partial charge < -0.3 is 5.32 Å². The number of hydrogen-bond donors (Lipinski definition) is 1. The van der Waals surface area contributed by atoms with Crippen LogP contribution in [0.3, 0.4) is 0 Å². The molecule has 1 heterocycles. The minimum Gasteiger partial charge on any atom is -0.350 e. The van der Waals surface area contributed by atoms with Gasteiger partial charge in [-0.2, -0.15) is 0 Å². The molecule has 0 aromatic heterocycles. The van der Waals surface area contributed by atoms with Crippen LogP contribution in [-0.4, -0.2) is 42.3 Å². The topological polar surface area (TPSA) is 49.4 Å². The Morgan fingerprint density at radius 1 is 1.04 bits per heavy atom. The Kier molecular flexibility index (Phi) is 5.61. The number of likely N-dealkylation sites (tertiary alicyclic amines) is 1.